The van der Waals surface area contributed by atoms with Crippen LogP contribution in [0.4, 0.5) is 5.69 Å². The minimum atomic E-state index is -3.50. The molecule has 0 bridgehead atoms. The van der Waals surface area contributed by atoms with Crippen molar-refractivity contribution >= 4 is 21.6 Å². The first kappa shape index (κ1) is 23.0. The van der Waals surface area contributed by atoms with Crippen LogP contribution in [0.15, 0.2) is 41.3 Å². The molecule has 0 saturated carbocycles. The Morgan fingerprint density at radius 2 is 1.75 bits per heavy atom. The minimum Gasteiger partial charge on any atom is -0.324 e. The fourth-order valence-electron chi connectivity index (χ4n) is 4.71. The summed E-state index contributed by atoms with van der Waals surface area (Å²) < 4.78 is 27.8. The van der Waals surface area contributed by atoms with Gasteiger partial charge in [-0.25, -0.2) is 8.42 Å². The lowest BCUT2D eigenvalue weighted by atomic mass is 9.98. The van der Waals surface area contributed by atoms with Gasteiger partial charge in [0.15, 0.2) is 0 Å². The molecule has 0 aromatic heterocycles. The molecule has 1 aliphatic heterocycles. The molecule has 2 aliphatic rings. The van der Waals surface area contributed by atoms with Crippen molar-refractivity contribution in [3.05, 3.63) is 58.7 Å². The number of carbonyl (C=O) groups is 1. The monoisotopic (exact) mass is 455 g/mol. The Morgan fingerprint density at radius 1 is 1.03 bits per heavy atom. The zero-order chi connectivity index (χ0) is 22.9. The van der Waals surface area contributed by atoms with Crippen molar-refractivity contribution in [1.29, 1.82) is 0 Å². The van der Waals surface area contributed by atoms with Gasteiger partial charge in [-0.3, -0.25) is 9.69 Å². The summed E-state index contributed by atoms with van der Waals surface area (Å²) in [6, 6.07) is 11.6. The fraction of sp³-hybridized carbons (Fsp3) is 0.480. The van der Waals surface area contributed by atoms with Crippen molar-refractivity contribution in [2.45, 2.75) is 50.8 Å². The maximum Gasteiger partial charge on any atom is 0.243 e. The van der Waals surface area contributed by atoms with Crippen molar-refractivity contribution < 1.29 is 13.2 Å². The Balaban J connectivity index is 1.36. The van der Waals surface area contributed by atoms with E-state index in [0.29, 0.717) is 37.0 Å². The molecule has 0 spiro atoms. The highest BCUT2D eigenvalue weighted by Gasteiger charge is 2.30. The van der Waals surface area contributed by atoms with Crippen LogP contribution in [0.5, 0.6) is 0 Å². The van der Waals surface area contributed by atoms with E-state index in [-0.39, 0.29) is 12.5 Å². The highest BCUT2D eigenvalue weighted by Crippen LogP contribution is 2.28. The Kier molecular flexibility index (Phi) is 6.70. The Labute approximate surface area is 191 Å². The van der Waals surface area contributed by atoms with Crippen LogP contribution in [-0.4, -0.2) is 56.3 Å². The van der Waals surface area contributed by atoms with Crippen LogP contribution in [0.1, 0.15) is 48.4 Å². The van der Waals surface area contributed by atoms with Crippen LogP contribution in [-0.2, 0) is 27.7 Å². The zero-order valence-corrected chi connectivity index (χ0v) is 20.0. The number of nitrogens with one attached hydrogen (secondary N) is 1. The van der Waals surface area contributed by atoms with Crippen LogP contribution in [0.2, 0.25) is 0 Å². The van der Waals surface area contributed by atoms with Crippen LogP contribution in [0.25, 0.3) is 0 Å². The number of anilines is 1. The van der Waals surface area contributed by atoms with Gasteiger partial charge >= 0.3 is 0 Å². The summed E-state index contributed by atoms with van der Waals surface area (Å²) in [5.41, 5.74) is 5.51. The molecule has 172 valence electrons. The molecule has 7 heteroatoms. The predicted octanol–water partition coefficient (Wildman–Crippen LogP) is 3.55. The number of carbonyl (C=O) groups excluding carboxylic acids is 1. The number of aryl methyl sites for hydroxylation is 3. The number of hydrogen-bond acceptors (Lipinski definition) is 4. The van der Waals surface area contributed by atoms with Crippen LogP contribution in [0.3, 0.4) is 0 Å². The second-order valence-electron chi connectivity index (χ2n) is 9.21. The second kappa shape index (κ2) is 9.33. The standard InChI is InChI=1S/C25H33N3O3S/c1-18(2)23-9-4-6-19(3)25(23)26-24(29)17-27-12-14-28(15-13-27)32(30,31)22-11-10-20-7-5-8-21(20)16-22/h4,6,9-11,16,18H,5,7-8,12-15,17H2,1-3H3,(H,26,29). The smallest absolute Gasteiger partial charge is 0.243 e. The SMILES string of the molecule is Cc1cccc(C(C)C)c1NC(=O)CN1CCN(S(=O)(=O)c2ccc3c(c2)CCC3)CC1. The molecule has 6 nitrogen and oxygen atoms in total. The molecule has 2 aromatic carbocycles. The highest BCUT2D eigenvalue weighted by atomic mass is 32.2. The largest absolute Gasteiger partial charge is 0.324 e. The third-order valence-corrected chi connectivity index (χ3v) is 8.49. The number of benzene rings is 2. The first-order chi connectivity index (χ1) is 15.3. The van der Waals surface area contributed by atoms with Crippen molar-refractivity contribution in [3.8, 4) is 0 Å². The van der Waals surface area contributed by atoms with Crippen LogP contribution < -0.4 is 5.32 Å². The molecule has 2 aromatic rings. The summed E-state index contributed by atoms with van der Waals surface area (Å²) in [5.74, 6) is 0.259. The van der Waals surface area contributed by atoms with Crippen molar-refractivity contribution in [3.63, 3.8) is 0 Å². The minimum absolute atomic E-state index is 0.0591. The maximum absolute atomic E-state index is 13.1. The molecular weight excluding hydrogens is 422 g/mol. The van der Waals surface area contributed by atoms with Gasteiger partial charge in [-0.1, -0.05) is 38.1 Å². The van der Waals surface area contributed by atoms with Gasteiger partial charge in [0.25, 0.3) is 0 Å². The van der Waals surface area contributed by atoms with Gasteiger partial charge in [0, 0.05) is 31.9 Å². The van der Waals surface area contributed by atoms with E-state index >= 15 is 0 Å². The first-order valence-corrected chi connectivity index (χ1v) is 12.9. The van der Waals surface area contributed by atoms with Gasteiger partial charge in [0.05, 0.1) is 11.4 Å². The van der Waals surface area contributed by atoms with Gasteiger partial charge in [-0.2, -0.15) is 4.31 Å². The van der Waals surface area contributed by atoms with Gasteiger partial charge in [0.1, 0.15) is 0 Å². The number of fused-ring (bicyclic) bond motifs is 1. The quantitative estimate of drug-likeness (QED) is 0.723. The lowest BCUT2D eigenvalue weighted by Gasteiger charge is -2.33. The molecule has 4 rings (SSSR count). The summed E-state index contributed by atoms with van der Waals surface area (Å²) in [6.45, 7) is 8.38. The normalized spacial score (nSPS) is 17.5. The number of amides is 1. The average Bonchev–Trinajstić information content (AvgIpc) is 3.23. The molecule has 0 radical (unpaired) electrons. The maximum atomic E-state index is 13.1. The summed E-state index contributed by atoms with van der Waals surface area (Å²) in [5, 5.41) is 3.09. The Morgan fingerprint density at radius 3 is 2.47 bits per heavy atom. The summed E-state index contributed by atoms with van der Waals surface area (Å²) in [7, 11) is -3.50. The van der Waals surface area contributed by atoms with E-state index in [0.717, 1.165) is 36.1 Å². The van der Waals surface area contributed by atoms with E-state index in [9.17, 15) is 13.2 Å². The van der Waals surface area contributed by atoms with Crippen LogP contribution >= 0.6 is 0 Å². The molecule has 1 heterocycles. The van der Waals surface area contributed by atoms with Gasteiger partial charge in [-0.05, 0) is 66.5 Å². The number of rotatable bonds is 6. The Hall–Kier alpha value is -2.22. The molecule has 1 saturated heterocycles. The van der Waals surface area contributed by atoms with Crippen molar-refractivity contribution in [2.24, 2.45) is 0 Å². The number of hydrogen-bond donors (Lipinski definition) is 1. The lowest BCUT2D eigenvalue weighted by Crippen LogP contribution is -2.50. The Bertz CT molecular complexity index is 1100. The molecule has 32 heavy (non-hydrogen) atoms. The zero-order valence-electron chi connectivity index (χ0n) is 19.2. The van der Waals surface area contributed by atoms with E-state index in [1.165, 1.54) is 11.1 Å². The van der Waals surface area contributed by atoms with Crippen molar-refractivity contribution in [1.82, 2.24) is 9.21 Å². The van der Waals surface area contributed by atoms with E-state index < -0.39 is 10.0 Å². The third kappa shape index (κ3) is 4.75. The third-order valence-electron chi connectivity index (χ3n) is 6.60. The fourth-order valence-corrected chi connectivity index (χ4v) is 6.18. The highest BCUT2D eigenvalue weighted by molar-refractivity contribution is 7.89. The van der Waals surface area contributed by atoms with E-state index in [2.05, 4.69) is 25.2 Å². The van der Waals surface area contributed by atoms with E-state index in [4.69, 9.17) is 0 Å². The van der Waals surface area contributed by atoms with Gasteiger partial charge in [-0.15, -0.1) is 0 Å². The summed E-state index contributed by atoms with van der Waals surface area (Å²) in [4.78, 5) is 15.2. The lowest BCUT2D eigenvalue weighted by molar-refractivity contribution is -0.117. The molecule has 1 N–H and O–H groups in total. The number of nitrogens with zero attached hydrogens (tertiary/aromatic N) is 2. The number of sulfonamides is 1. The predicted molar refractivity (Wildman–Crippen MR) is 128 cm³/mol. The van der Waals surface area contributed by atoms with E-state index in [1.807, 2.05) is 36.1 Å². The van der Waals surface area contributed by atoms with E-state index in [1.54, 1.807) is 10.4 Å². The molecule has 0 atom stereocenters. The second-order valence-corrected chi connectivity index (χ2v) is 11.1. The van der Waals surface area contributed by atoms with Crippen LogP contribution in [0, 0.1) is 6.92 Å². The molecule has 1 aliphatic carbocycles. The molecular formula is C25H33N3O3S. The molecule has 1 amide bonds. The number of para-hydroxylation sites is 1. The first-order valence-electron chi connectivity index (χ1n) is 11.5. The van der Waals surface area contributed by atoms with Crippen molar-refractivity contribution in [2.75, 3.05) is 38.0 Å². The number of piperazine rings is 1. The molecule has 0 unspecified atom stereocenters. The summed E-state index contributed by atoms with van der Waals surface area (Å²) >= 11 is 0. The topological polar surface area (TPSA) is 69.7 Å². The average molecular weight is 456 g/mol. The summed E-state index contributed by atoms with van der Waals surface area (Å²) in [6.07, 6.45) is 3.10. The van der Waals surface area contributed by atoms with Gasteiger partial charge < -0.3 is 5.32 Å². The molecule has 1 fully saturated rings. The van der Waals surface area contributed by atoms with Gasteiger partial charge in [0.2, 0.25) is 15.9 Å².